The maximum atomic E-state index is 4.98. The lowest BCUT2D eigenvalue weighted by Gasteiger charge is -2.10. The molecule has 3 aromatic carbocycles. The first-order valence-electron chi connectivity index (χ1n) is 8.51. The van der Waals surface area contributed by atoms with E-state index in [2.05, 4.69) is 17.1 Å². The van der Waals surface area contributed by atoms with Crippen molar-refractivity contribution < 1.29 is 0 Å². The topological polar surface area (TPSA) is 51.6 Å². The lowest BCUT2D eigenvalue weighted by atomic mass is 10.0. The standard InChI is InChI=1S/C22H12N4/c1-2-7-14-13(6-1)12-24-21-18(14)22-20(15-8-5-11-23-19(15)21)25-16-9-3-4-10-17(16)26-22/h1-12H. The fraction of sp³-hybridized carbons (Fsp3) is 0. The summed E-state index contributed by atoms with van der Waals surface area (Å²) in [6, 6.07) is 20.2. The van der Waals surface area contributed by atoms with Crippen LogP contribution in [0.3, 0.4) is 0 Å². The zero-order chi connectivity index (χ0) is 17.1. The fourth-order valence-electron chi connectivity index (χ4n) is 3.73. The highest BCUT2D eigenvalue weighted by Gasteiger charge is 2.15. The van der Waals surface area contributed by atoms with Crippen LogP contribution in [0.4, 0.5) is 0 Å². The van der Waals surface area contributed by atoms with E-state index in [1.165, 1.54) is 0 Å². The third kappa shape index (κ3) is 1.73. The van der Waals surface area contributed by atoms with Gasteiger partial charge in [-0.05, 0) is 29.7 Å². The molecule has 26 heavy (non-hydrogen) atoms. The summed E-state index contributed by atoms with van der Waals surface area (Å²) in [5, 5.41) is 4.21. The number of benzene rings is 3. The molecule has 4 nitrogen and oxygen atoms in total. The van der Waals surface area contributed by atoms with E-state index in [4.69, 9.17) is 15.0 Å². The SMILES string of the molecule is c1ccc2c(c1)cnc1c3ncccc3c3nc4ccccc4nc3c21. The van der Waals surface area contributed by atoms with Gasteiger partial charge in [0.15, 0.2) is 0 Å². The van der Waals surface area contributed by atoms with Crippen LogP contribution in [0.25, 0.3) is 54.6 Å². The Morgan fingerprint density at radius 3 is 2.15 bits per heavy atom. The van der Waals surface area contributed by atoms with E-state index in [0.717, 1.165) is 54.6 Å². The van der Waals surface area contributed by atoms with Crippen LogP contribution in [0.1, 0.15) is 0 Å². The Balaban J connectivity index is 2.03. The minimum Gasteiger partial charge on any atom is -0.254 e. The Morgan fingerprint density at radius 2 is 1.27 bits per heavy atom. The molecule has 0 aliphatic rings. The Labute approximate surface area is 148 Å². The van der Waals surface area contributed by atoms with Gasteiger partial charge in [-0.25, -0.2) is 9.97 Å². The molecule has 6 aromatic rings. The van der Waals surface area contributed by atoms with Gasteiger partial charge in [0.25, 0.3) is 0 Å². The summed E-state index contributed by atoms with van der Waals surface area (Å²) in [7, 11) is 0. The van der Waals surface area contributed by atoms with Gasteiger partial charge in [0.05, 0.1) is 27.6 Å². The van der Waals surface area contributed by atoms with Crippen LogP contribution >= 0.6 is 0 Å². The summed E-state index contributed by atoms with van der Waals surface area (Å²) < 4.78 is 0. The van der Waals surface area contributed by atoms with Gasteiger partial charge in [-0.15, -0.1) is 0 Å². The number of fused-ring (bicyclic) bond motifs is 9. The zero-order valence-corrected chi connectivity index (χ0v) is 13.7. The molecule has 3 heterocycles. The van der Waals surface area contributed by atoms with Crippen molar-refractivity contribution in [3.05, 3.63) is 73.1 Å². The minimum atomic E-state index is 0.866. The Morgan fingerprint density at radius 1 is 0.538 bits per heavy atom. The summed E-state index contributed by atoms with van der Waals surface area (Å²) in [4.78, 5) is 19.3. The van der Waals surface area contributed by atoms with E-state index in [1.807, 2.05) is 54.7 Å². The highest BCUT2D eigenvalue weighted by molar-refractivity contribution is 6.27. The normalized spacial score (nSPS) is 11.8. The number of nitrogens with zero attached hydrogens (tertiary/aromatic N) is 4. The molecular weight excluding hydrogens is 320 g/mol. The number of aromatic nitrogens is 4. The lowest BCUT2D eigenvalue weighted by Crippen LogP contribution is -1.94. The number of pyridine rings is 2. The first kappa shape index (κ1) is 13.6. The van der Waals surface area contributed by atoms with Crippen molar-refractivity contribution in [1.82, 2.24) is 19.9 Å². The molecule has 0 aliphatic carbocycles. The predicted octanol–water partition coefficient (Wildman–Crippen LogP) is 5.03. The van der Waals surface area contributed by atoms with Gasteiger partial charge in [0, 0.05) is 28.6 Å². The second-order valence-electron chi connectivity index (χ2n) is 6.38. The van der Waals surface area contributed by atoms with Gasteiger partial charge < -0.3 is 0 Å². The second-order valence-corrected chi connectivity index (χ2v) is 6.38. The van der Waals surface area contributed by atoms with Crippen molar-refractivity contribution in [2.45, 2.75) is 0 Å². The lowest BCUT2D eigenvalue weighted by molar-refractivity contribution is 1.37. The summed E-state index contributed by atoms with van der Waals surface area (Å²) in [6.07, 6.45) is 3.71. The van der Waals surface area contributed by atoms with Crippen LogP contribution in [0, 0.1) is 0 Å². The van der Waals surface area contributed by atoms with Crippen molar-refractivity contribution in [1.29, 1.82) is 0 Å². The predicted molar refractivity (Wildman–Crippen MR) is 105 cm³/mol. The summed E-state index contributed by atoms with van der Waals surface area (Å²) in [5.74, 6) is 0. The molecule has 0 radical (unpaired) electrons. The number of para-hydroxylation sites is 2. The van der Waals surface area contributed by atoms with Crippen LogP contribution in [-0.2, 0) is 0 Å². The van der Waals surface area contributed by atoms with Gasteiger partial charge in [-0.3, -0.25) is 9.97 Å². The van der Waals surface area contributed by atoms with Crippen molar-refractivity contribution >= 4 is 54.6 Å². The van der Waals surface area contributed by atoms with E-state index >= 15 is 0 Å². The number of hydrogen-bond acceptors (Lipinski definition) is 4. The molecule has 0 fully saturated rings. The molecule has 3 aromatic heterocycles. The molecule has 0 unspecified atom stereocenters. The van der Waals surface area contributed by atoms with Crippen LogP contribution in [0.15, 0.2) is 73.1 Å². The molecule has 0 bridgehead atoms. The van der Waals surface area contributed by atoms with Gasteiger partial charge in [0.1, 0.15) is 5.52 Å². The third-order valence-electron chi connectivity index (χ3n) is 4.89. The highest BCUT2D eigenvalue weighted by atomic mass is 14.8. The summed E-state index contributed by atoms with van der Waals surface area (Å²) in [5.41, 5.74) is 5.26. The average molecular weight is 332 g/mol. The quantitative estimate of drug-likeness (QED) is 0.289. The third-order valence-corrected chi connectivity index (χ3v) is 4.89. The van der Waals surface area contributed by atoms with Crippen LogP contribution in [0.2, 0.25) is 0 Å². The smallest absolute Gasteiger partial charge is 0.100 e. The average Bonchev–Trinajstić information content (AvgIpc) is 2.72. The van der Waals surface area contributed by atoms with Gasteiger partial charge in [0.2, 0.25) is 0 Å². The largest absolute Gasteiger partial charge is 0.254 e. The molecule has 120 valence electrons. The van der Waals surface area contributed by atoms with E-state index in [1.54, 1.807) is 6.20 Å². The molecule has 0 spiro atoms. The fourth-order valence-corrected chi connectivity index (χ4v) is 3.73. The Kier molecular flexibility index (Phi) is 2.58. The second kappa shape index (κ2) is 4.92. The maximum absolute atomic E-state index is 4.98. The molecule has 0 saturated carbocycles. The first-order chi connectivity index (χ1) is 12.9. The minimum absolute atomic E-state index is 0.866. The molecule has 6 rings (SSSR count). The van der Waals surface area contributed by atoms with Gasteiger partial charge >= 0.3 is 0 Å². The van der Waals surface area contributed by atoms with E-state index < -0.39 is 0 Å². The molecular formula is C22H12N4. The van der Waals surface area contributed by atoms with Crippen LogP contribution in [0.5, 0.6) is 0 Å². The van der Waals surface area contributed by atoms with Crippen molar-refractivity contribution in [2.75, 3.05) is 0 Å². The monoisotopic (exact) mass is 332 g/mol. The van der Waals surface area contributed by atoms with Crippen molar-refractivity contribution in [3.63, 3.8) is 0 Å². The molecule has 0 N–H and O–H groups in total. The number of hydrogen-bond donors (Lipinski definition) is 0. The van der Waals surface area contributed by atoms with Crippen LogP contribution in [-0.4, -0.2) is 19.9 Å². The van der Waals surface area contributed by atoms with Crippen LogP contribution < -0.4 is 0 Å². The summed E-state index contributed by atoms with van der Waals surface area (Å²) >= 11 is 0. The van der Waals surface area contributed by atoms with E-state index in [9.17, 15) is 0 Å². The van der Waals surface area contributed by atoms with Crippen molar-refractivity contribution in [2.24, 2.45) is 0 Å². The van der Waals surface area contributed by atoms with Gasteiger partial charge in [-0.2, -0.15) is 0 Å². The van der Waals surface area contributed by atoms with E-state index in [0.29, 0.717) is 0 Å². The Bertz CT molecular complexity index is 1460. The molecule has 0 aliphatic heterocycles. The van der Waals surface area contributed by atoms with E-state index in [-0.39, 0.29) is 0 Å². The molecule has 0 atom stereocenters. The van der Waals surface area contributed by atoms with Crippen molar-refractivity contribution in [3.8, 4) is 0 Å². The molecule has 4 heteroatoms. The highest BCUT2D eigenvalue weighted by Crippen LogP contribution is 2.35. The molecule has 0 amide bonds. The first-order valence-corrected chi connectivity index (χ1v) is 8.51. The molecule has 0 saturated heterocycles. The van der Waals surface area contributed by atoms with Gasteiger partial charge in [-0.1, -0.05) is 36.4 Å². The summed E-state index contributed by atoms with van der Waals surface area (Å²) in [6.45, 7) is 0. The number of rotatable bonds is 0. The Hall–Kier alpha value is -3.66. The zero-order valence-electron chi connectivity index (χ0n) is 13.7. The maximum Gasteiger partial charge on any atom is 0.100 e.